The van der Waals surface area contributed by atoms with E-state index in [4.69, 9.17) is 0 Å². The van der Waals surface area contributed by atoms with Gasteiger partial charge in [0.1, 0.15) is 17.4 Å². The van der Waals surface area contributed by atoms with Crippen molar-refractivity contribution in [2.45, 2.75) is 26.4 Å². The molecule has 26 heavy (non-hydrogen) atoms. The molecular weight excluding hydrogens is 370 g/mol. The van der Waals surface area contributed by atoms with Crippen LogP contribution in [0.2, 0.25) is 0 Å². The number of aryl methyl sites for hydroxylation is 2. The Morgan fingerprint density at radius 3 is 2.46 bits per heavy atom. The van der Waals surface area contributed by atoms with Crippen LogP contribution in [0.1, 0.15) is 18.1 Å². The molecule has 0 atom stereocenters. The topological polar surface area (TPSA) is 46.1 Å². The molecule has 1 aromatic carbocycles. The zero-order valence-corrected chi connectivity index (χ0v) is 15.3. The molecule has 0 aliphatic rings. The summed E-state index contributed by atoms with van der Waals surface area (Å²) in [5.74, 6) is -1.43. The quantitative estimate of drug-likeness (QED) is 0.552. The summed E-state index contributed by atoms with van der Waals surface area (Å²) in [6.07, 6.45) is -3.66. The lowest BCUT2D eigenvalue weighted by atomic mass is 10.1. The standard InChI is InChI=1S/C17H19F4N3OS/c1-4-11-5-6-13(12(18)8-11)22-15-14(23-26-9-17(19,20)21)7-10(2)16(25)24(15)3/h5-8,22-23H,4,9H2,1-3H3. The summed E-state index contributed by atoms with van der Waals surface area (Å²) in [6.45, 7) is 3.45. The summed E-state index contributed by atoms with van der Waals surface area (Å²) in [4.78, 5) is 12.2. The van der Waals surface area contributed by atoms with Crippen molar-refractivity contribution in [3.63, 3.8) is 0 Å². The largest absolute Gasteiger partial charge is 0.399 e. The van der Waals surface area contributed by atoms with Gasteiger partial charge in [0.25, 0.3) is 5.56 Å². The number of rotatable bonds is 6. The van der Waals surface area contributed by atoms with Crippen molar-refractivity contribution in [2.75, 3.05) is 15.8 Å². The highest BCUT2D eigenvalue weighted by molar-refractivity contribution is 8.00. The van der Waals surface area contributed by atoms with Crippen molar-refractivity contribution in [1.29, 1.82) is 0 Å². The molecule has 4 nitrogen and oxygen atoms in total. The molecular formula is C17H19F4N3OS. The summed E-state index contributed by atoms with van der Waals surface area (Å²) in [5, 5.41) is 2.81. The van der Waals surface area contributed by atoms with Gasteiger partial charge in [0.2, 0.25) is 0 Å². The molecule has 0 bridgehead atoms. The van der Waals surface area contributed by atoms with Crippen LogP contribution in [0.25, 0.3) is 0 Å². The second kappa shape index (κ2) is 8.03. The van der Waals surface area contributed by atoms with Gasteiger partial charge in [-0.15, -0.1) is 0 Å². The SMILES string of the molecule is CCc1ccc(Nc2c(NSCC(F)(F)F)cc(C)c(=O)n2C)c(F)c1. The molecule has 0 aliphatic heterocycles. The van der Waals surface area contributed by atoms with E-state index in [1.807, 2.05) is 6.92 Å². The predicted octanol–water partition coefficient (Wildman–Crippen LogP) is 4.76. The minimum absolute atomic E-state index is 0.130. The molecule has 0 spiro atoms. The van der Waals surface area contributed by atoms with Gasteiger partial charge < -0.3 is 10.0 Å². The molecule has 2 N–H and O–H groups in total. The van der Waals surface area contributed by atoms with Crippen LogP contribution in [0.15, 0.2) is 29.1 Å². The number of halogens is 4. The second-order valence-electron chi connectivity index (χ2n) is 5.75. The van der Waals surface area contributed by atoms with E-state index in [-0.39, 0.29) is 22.8 Å². The molecule has 9 heteroatoms. The Hall–Kier alpha value is -2.16. The van der Waals surface area contributed by atoms with Gasteiger partial charge in [-0.3, -0.25) is 9.36 Å². The molecule has 2 aromatic rings. The van der Waals surface area contributed by atoms with E-state index in [0.717, 1.165) is 5.56 Å². The molecule has 0 unspecified atom stereocenters. The first kappa shape index (κ1) is 20.2. The maximum atomic E-state index is 14.3. The van der Waals surface area contributed by atoms with E-state index in [1.54, 1.807) is 13.0 Å². The molecule has 2 rings (SSSR count). The summed E-state index contributed by atoms with van der Waals surface area (Å²) in [5.41, 5.74) is 1.23. The van der Waals surface area contributed by atoms with Crippen LogP contribution in [0.3, 0.4) is 0 Å². The van der Waals surface area contributed by atoms with Gasteiger partial charge in [-0.05, 0) is 49.1 Å². The van der Waals surface area contributed by atoms with Gasteiger partial charge in [-0.2, -0.15) is 13.2 Å². The third-order valence-electron chi connectivity index (χ3n) is 3.71. The van der Waals surface area contributed by atoms with Crippen LogP contribution < -0.4 is 15.6 Å². The fourth-order valence-electron chi connectivity index (χ4n) is 2.33. The number of hydrogen-bond donors (Lipinski definition) is 2. The first-order valence-electron chi connectivity index (χ1n) is 7.83. The summed E-state index contributed by atoms with van der Waals surface area (Å²) in [6, 6.07) is 6.08. The van der Waals surface area contributed by atoms with Gasteiger partial charge in [0, 0.05) is 12.6 Å². The first-order valence-corrected chi connectivity index (χ1v) is 8.81. The Morgan fingerprint density at radius 2 is 1.88 bits per heavy atom. The fraction of sp³-hybridized carbons (Fsp3) is 0.353. The van der Waals surface area contributed by atoms with E-state index >= 15 is 0 Å². The van der Waals surface area contributed by atoms with Crippen molar-refractivity contribution < 1.29 is 17.6 Å². The highest BCUT2D eigenvalue weighted by Crippen LogP contribution is 2.30. The fourth-order valence-corrected chi connectivity index (χ4v) is 2.87. The third kappa shape index (κ3) is 4.94. The number of nitrogens with one attached hydrogen (secondary N) is 2. The Morgan fingerprint density at radius 1 is 1.19 bits per heavy atom. The van der Waals surface area contributed by atoms with Crippen LogP contribution in [0.4, 0.5) is 34.8 Å². The summed E-state index contributed by atoms with van der Waals surface area (Å²) < 4.78 is 55.2. The predicted molar refractivity (Wildman–Crippen MR) is 97.6 cm³/mol. The minimum Gasteiger partial charge on any atom is -0.337 e. The maximum Gasteiger partial charge on any atom is 0.399 e. The van der Waals surface area contributed by atoms with E-state index in [1.165, 1.54) is 29.8 Å². The molecule has 1 aromatic heterocycles. The zero-order chi connectivity index (χ0) is 19.5. The van der Waals surface area contributed by atoms with Crippen molar-refractivity contribution in [3.8, 4) is 0 Å². The minimum atomic E-state index is -4.33. The second-order valence-corrected chi connectivity index (χ2v) is 6.53. The van der Waals surface area contributed by atoms with Crippen LogP contribution in [-0.4, -0.2) is 16.5 Å². The Labute approximate surface area is 152 Å². The average molecular weight is 389 g/mol. The molecule has 0 radical (unpaired) electrons. The monoisotopic (exact) mass is 389 g/mol. The van der Waals surface area contributed by atoms with Crippen LogP contribution in [0, 0.1) is 12.7 Å². The van der Waals surface area contributed by atoms with Crippen molar-refractivity contribution in [3.05, 3.63) is 51.6 Å². The van der Waals surface area contributed by atoms with Crippen LogP contribution in [-0.2, 0) is 13.5 Å². The van der Waals surface area contributed by atoms with Crippen molar-refractivity contribution in [2.24, 2.45) is 7.05 Å². The number of pyridine rings is 1. The molecule has 0 saturated carbocycles. The number of alkyl halides is 3. The third-order valence-corrected chi connectivity index (χ3v) is 4.54. The van der Waals surface area contributed by atoms with Crippen LogP contribution in [0.5, 0.6) is 0 Å². The Bertz CT molecular complexity index is 849. The van der Waals surface area contributed by atoms with Crippen LogP contribution >= 0.6 is 11.9 Å². The van der Waals surface area contributed by atoms with E-state index in [0.29, 0.717) is 23.9 Å². The lowest BCUT2D eigenvalue weighted by Crippen LogP contribution is -2.23. The summed E-state index contributed by atoms with van der Waals surface area (Å²) in [7, 11) is 1.47. The highest BCUT2D eigenvalue weighted by atomic mass is 32.2. The van der Waals surface area contributed by atoms with Gasteiger partial charge in [-0.1, -0.05) is 13.0 Å². The lowest BCUT2D eigenvalue weighted by molar-refractivity contribution is -0.105. The Kier molecular flexibility index (Phi) is 6.22. The van der Waals surface area contributed by atoms with Crippen molar-refractivity contribution in [1.82, 2.24) is 4.57 Å². The Balaban J connectivity index is 2.36. The van der Waals surface area contributed by atoms with E-state index in [2.05, 4.69) is 10.0 Å². The number of benzene rings is 1. The number of aromatic nitrogens is 1. The molecule has 0 fully saturated rings. The van der Waals surface area contributed by atoms with Gasteiger partial charge >= 0.3 is 6.18 Å². The highest BCUT2D eigenvalue weighted by Gasteiger charge is 2.27. The normalized spacial score (nSPS) is 11.5. The van der Waals surface area contributed by atoms with Gasteiger partial charge in [0.15, 0.2) is 0 Å². The molecule has 142 valence electrons. The van der Waals surface area contributed by atoms with Crippen molar-refractivity contribution >= 4 is 29.1 Å². The number of nitrogens with zero attached hydrogens (tertiary/aromatic N) is 1. The van der Waals surface area contributed by atoms with Gasteiger partial charge in [-0.25, -0.2) is 4.39 Å². The lowest BCUT2D eigenvalue weighted by Gasteiger charge is -2.18. The molecule has 0 aliphatic carbocycles. The smallest absolute Gasteiger partial charge is 0.337 e. The number of anilines is 3. The maximum absolute atomic E-state index is 14.3. The zero-order valence-electron chi connectivity index (χ0n) is 14.5. The number of hydrogen-bond acceptors (Lipinski definition) is 4. The van der Waals surface area contributed by atoms with E-state index < -0.39 is 17.7 Å². The summed E-state index contributed by atoms with van der Waals surface area (Å²) >= 11 is 0.447. The average Bonchev–Trinajstić information content (AvgIpc) is 2.56. The molecule has 0 amide bonds. The first-order chi connectivity index (χ1) is 12.1. The molecule has 1 heterocycles. The molecule has 0 saturated heterocycles. The van der Waals surface area contributed by atoms with Gasteiger partial charge in [0.05, 0.1) is 11.4 Å². The van der Waals surface area contributed by atoms with E-state index in [9.17, 15) is 22.4 Å².